The first kappa shape index (κ1) is 22.6. The third-order valence-electron chi connectivity index (χ3n) is 6.85. The van der Waals surface area contributed by atoms with Gasteiger partial charge >= 0.3 is 5.97 Å². The van der Waals surface area contributed by atoms with Gasteiger partial charge in [0.1, 0.15) is 0 Å². The fourth-order valence-corrected chi connectivity index (χ4v) is 6.00. The monoisotopic (exact) mass is 470 g/mol. The molecule has 1 atom stereocenters. The van der Waals surface area contributed by atoms with Gasteiger partial charge in [-0.25, -0.2) is 4.98 Å². The maximum atomic E-state index is 11.4. The van der Waals surface area contributed by atoms with Crippen molar-refractivity contribution in [2.75, 3.05) is 18.0 Å². The molecule has 2 heterocycles. The third-order valence-corrected chi connectivity index (χ3v) is 8.09. The first-order chi connectivity index (χ1) is 16.7. The summed E-state index contributed by atoms with van der Waals surface area (Å²) in [5.74, 6) is -0.572. The van der Waals surface area contributed by atoms with E-state index in [9.17, 15) is 9.90 Å². The highest BCUT2D eigenvalue weighted by Gasteiger charge is 2.28. The Morgan fingerprint density at radius 3 is 2.32 bits per heavy atom. The fourth-order valence-electron chi connectivity index (χ4n) is 4.77. The number of carbonyl (C=O) groups is 1. The molecule has 1 saturated heterocycles. The van der Waals surface area contributed by atoms with Gasteiger partial charge in [0.25, 0.3) is 0 Å². The number of anilines is 1. The van der Waals surface area contributed by atoms with Crippen LogP contribution in [0.5, 0.6) is 0 Å². The van der Waals surface area contributed by atoms with Gasteiger partial charge in [-0.15, -0.1) is 11.3 Å². The van der Waals surface area contributed by atoms with Crippen molar-refractivity contribution in [1.82, 2.24) is 4.98 Å². The largest absolute Gasteiger partial charge is 0.481 e. The van der Waals surface area contributed by atoms with Crippen LogP contribution in [0, 0.1) is 5.92 Å². The molecule has 5 heteroatoms. The minimum Gasteiger partial charge on any atom is -0.481 e. The highest BCUT2D eigenvalue weighted by molar-refractivity contribution is 7.16. The van der Waals surface area contributed by atoms with Gasteiger partial charge in [-0.05, 0) is 43.2 Å². The molecule has 1 aromatic heterocycles. The van der Waals surface area contributed by atoms with Crippen LogP contribution in [0.4, 0.5) is 5.13 Å². The summed E-state index contributed by atoms with van der Waals surface area (Å²) in [7, 11) is 0. The summed E-state index contributed by atoms with van der Waals surface area (Å²) < 4.78 is 0. The van der Waals surface area contributed by atoms with E-state index in [0.29, 0.717) is 18.8 Å². The van der Waals surface area contributed by atoms with E-state index in [1.807, 2.05) is 0 Å². The molecule has 1 aliphatic carbocycles. The van der Waals surface area contributed by atoms with Gasteiger partial charge in [0.15, 0.2) is 5.13 Å². The van der Waals surface area contributed by atoms with Crippen LogP contribution >= 0.6 is 11.3 Å². The Bertz CT molecular complexity index is 1170. The van der Waals surface area contributed by atoms with E-state index < -0.39 is 5.97 Å². The van der Waals surface area contributed by atoms with E-state index in [4.69, 9.17) is 4.98 Å². The Balaban J connectivity index is 1.37. The number of benzene rings is 2. The molecular weight excluding hydrogens is 440 g/mol. The molecule has 0 bridgehead atoms. The number of rotatable bonds is 7. The van der Waals surface area contributed by atoms with Crippen LogP contribution in [0.1, 0.15) is 41.2 Å². The highest BCUT2D eigenvalue weighted by atomic mass is 32.1. The predicted molar refractivity (Wildman–Crippen MR) is 140 cm³/mol. The fraction of sp³-hybridized carbons (Fsp3) is 0.310. The molecule has 0 amide bonds. The number of thiazole rings is 1. The van der Waals surface area contributed by atoms with Crippen molar-refractivity contribution in [2.24, 2.45) is 5.92 Å². The topological polar surface area (TPSA) is 53.4 Å². The molecule has 2 aromatic carbocycles. The Morgan fingerprint density at radius 2 is 1.68 bits per heavy atom. The quantitative estimate of drug-likeness (QED) is 0.428. The van der Waals surface area contributed by atoms with Gasteiger partial charge in [0.2, 0.25) is 0 Å². The lowest BCUT2D eigenvalue weighted by atomic mass is 9.95. The first-order valence-corrected chi connectivity index (χ1v) is 12.9. The van der Waals surface area contributed by atoms with Crippen molar-refractivity contribution in [3.05, 3.63) is 94.9 Å². The van der Waals surface area contributed by atoms with Crippen LogP contribution in [0.2, 0.25) is 0 Å². The molecule has 0 spiro atoms. The minimum atomic E-state index is -0.674. The molecule has 2 aliphatic rings. The Kier molecular flexibility index (Phi) is 6.91. The number of hydrogen-bond donors (Lipinski definition) is 1. The molecule has 34 heavy (non-hydrogen) atoms. The molecule has 1 aliphatic heterocycles. The number of aromatic nitrogens is 1. The maximum absolute atomic E-state index is 11.4. The SMILES string of the molecule is O=C(O)C1CCN(c2nc(-c3ccc(CCc4ccccc4)cc3)c(C3C=CC=CC3)s2)CC1. The van der Waals surface area contributed by atoms with Crippen LogP contribution in [-0.4, -0.2) is 29.1 Å². The minimum absolute atomic E-state index is 0.231. The molecule has 0 saturated carbocycles. The molecule has 1 fully saturated rings. The van der Waals surface area contributed by atoms with Crippen LogP contribution in [0.3, 0.4) is 0 Å². The van der Waals surface area contributed by atoms with E-state index in [1.165, 1.54) is 16.0 Å². The Hall–Kier alpha value is -3.18. The summed E-state index contributed by atoms with van der Waals surface area (Å²) in [5, 5.41) is 10.4. The number of carboxylic acids is 1. The molecule has 174 valence electrons. The molecule has 5 rings (SSSR count). The van der Waals surface area contributed by atoms with Crippen molar-refractivity contribution < 1.29 is 9.90 Å². The van der Waals surface area contributed by atoms with Gasteiger partial charge in [-0.2, -0.15) is 0 Å². The van der Waals surface area contributed by atoms with Gasteiger partial charge in [0, 0.05) is 29.4 Å². The lowest BCUT2D eigenvalue weighted by Gasteiger charge is -2.29. The second-order valence-corrected chi connectivity index (χ2v) is 10.2. The van der Waals surface area contributed by atoms with Crippen molar-refractivity contribution in [2.45, 2.75) is 38.0 Å². The van der Waals surface area contributed by atoms with Crippen molar-refractivity contribution >= 4 is 22.4 Å². The number of nitrogens with zero attached hydrogens (tertiary/aromatic N) is 2. The second kappa shape index (κ2) is 10.4. The number of carboxylic acid groups (broad SMARTS) is 1. The van der Waals surface area contributed by atoms with E-state index in [2.05, 4.69) is 83.8 Å². The Labute approximate surface area is 205 Å². The number of piperidine rings is 1. The van der Waals surface area contributed by atoms with Crippen molar-refractivity contribution in [3.8, 4) is 11.3 Å². The summed E-state index contributed by atoms with van der Waals surface area (Å²) in [5.41, 5.74) is 4.92. The van der Waals surface area contributed by atoms with E-state index >= 15 is 0 Å². The van der Waals surface area contributed by atoms with Gasteiger partial charge < -0.3 is 10.0 Å². The van der Waals surface area contributed by atoms with E-state index in [-0.39, 0.29) is 5.92 Å². The summed E-state index contributed by atoms with van der Waals surface area (Å²) in [6, 6.07) is 19.5. The Morgan fingerprint density at radius 1 is 0.971 bits per heavy atom. The van der Waals surface area contributed by atoms with Crippen LogP contribution in [-0.2, 0) is 17.6 Å². The molecule has 4 nitrogen and oxygen atoms in total. The molecular formula is C29H30N2O2S. The van der Waals surface area contributed by atoms with Crippen molar-refractivity contribution in [3.63, 3.8) is 0 Å². The zero-order valence-electron chi connectivity index (χ0n) is 19.3. The van der Waals surface area contributed by atoms with E-state index in [1.54, 1.807) is 11.3 Å². The van der Waals surface area contributed by atoms with Crippen molar-refractivity contribution in [1.29, 1.82) is 0 Å². The van der Waals surface area contributed by atoms with Gasteiger partial charge in [-0.3, -0.25) is 4.79 Å². The maximum Gasteiger partial charge on any atom is 0.306 e. The first-order valence-electron chi connectivity index (χ1n) is 12.1. The summed E-state index contributed by atoms with van der Waals surface area (Å²) in [6.07, 6.45) is 13.1. The smallest absolute Gasteiger partial charge is 0.306 e. The number of allylic oxidation sites excluding steroid dienone is 4. The average molecular weight is 471 g/mol. The van der Waals surface area contributed by atoms with Gasteiger partial charge in [0.05, 0.1) is 11.6 Å². The zero-order chi connectivity index (χ0) is 23.3. The van der Waals surface area contributed by atoms with E-state index in [0.717, 1.165) is 48.7 Å². The lowest BCUT2D eigenvalue weighted by Crippen LogP contribution is -2.36. The standard InChI is InChI=1S/C29H30N2O2S/c32-28(33)25-17-19-31(20-18-25)29-30-26(27(34-29)24-9-5-2-6-10-24)23-15-13-22(14-16-23)12-11-21-7-3-1-4-8-21/h1-9,13-16,24-25H,10-12,17-20H2,(H,32,33). The zero-order valence-corrected chi connectivity index (χ0v) is 20.1. The average Bonchev–Trinajstić information content (AvgIpc) is 3.34. The summed E-state index contributed by atoms with van der Waals surface area (Å²) in [6.45, 7) is 1.50. The summed E-state index contributed by atoms with van der Waals surface area (Å²) in [4.78, 5) is 20.0. The third kappa shape index (κ3) is 5.15. The number of aryl methyl sites for hydroxylation is 2. The van der Waals surface area contributed by atoms with Crippen LogP contribution in [0.15, 0.2) is 78.9 Å². The second-order valence-electron chi connectivity index (χ2n) is 9.15. The summed E-state index contributed by atoms with van der Waals surface area (Å²) >= 11 is 1.77. The molecule has 0 radical (unpaired) electrons. The molecule has 1 N–H and O–H groups in total. The normalized spacial score (nSPS) is 18.4. The van der Waals surface area contributed by atoms with Crippen LogP contribution < -0.4 is 4.90 Å². The lowest BCUT2D eigenvalue weighted by molar-refractivity contribution is -0.142. The highest BCUT2D eigenvalue weighted by Crippen LogP contribution is 2.41. The molecule has 1 unspecified atom stereocenters. The molecule has 3 aromatic rings. The van der Waals surface area contributed by atoms with Gasteiger partial charge in [-0.1, -0.05) is 78.9 Å². The predicted octanol–water partition coefficient (Wildman–Crippen LogP) is 6.50. The number of aliphatic carboxylic acids is 1. The van der Waals surface area contributed by atoms with Crippen LogP contribution in [0.25, 0.3) is 11.3 Å². The number of hydrogen-bond acceptors (Lipinski definition) is 4.